The molecule has 0 fully saturated rings. The van der Waals surface area contributed by atoms with Gasteiger partial charge in [0, 0.05) is 11.8 Å². The van der Waals surface area contributed by atoms with Gasteiger partial charge in [-0.1, -0.05) is 56.3 Å². The Morgan fingerprint density at radius 1 is 1.30 bits per heavy atom. The third-order valence-electron chi connectivity index (χ3n) is 3.32. The Labute approximate surface area is 121 Å². The van der Waals surface area contributed by atoms with E-state index in [1.807, 2.05) is 44.2 Å². The lowest BCUT2D eigenvalue weighted by atomic mass is 9.91. The van der Waals surface area contributed by atoms with Crippen LogP contribution >= 0.6 is 0 Å². The molecule has 0 radical (unpaired) electrons. The van der Waals surface area contributed by atoms with E-state index in [4.69, 9.17) is 4.74 Å². The number of carbonyl (C=O) groups excluding carboxylic acids is 1. The van der Waals surface area contributed by atoms with Gasteiger partial charge >= 0.3 is 0 Å². The quantitative estimate of drug-likeness (QED) is 0.742. The predicted octanol–water partition coefficient (Wildman–Crippen LogP) is 2.98. The molecule has 1 aromatic carbocycles. The molecule has 0 aromatic heterocycles. The zero-order chi connectivity index (χ0) is 15.0. The molecule has 20 heavy (non-hydrogen) atoms. The Morgan fingerprint density at radius 3 is 2.55 bits per heavy atom. The number of ether oxygens (including phenoxy) is 1. The number of aliphatic hydroxyl groups is 1. The van der Waals surface area contributed by atoms with Crippen LogP contribution in [0.1, 0.15) is 26.3 Å². The van der Waals surface area contributed by atoms with Crippen LogP contribution in [-0.2, 0) is 16.1 Å². The molecule has 0 bridgehead atoms. The van der Waals surface area contributed by atoms with Crippen molar-refractivity contribution in [3.63, 3.8) is 0 Å². The molecule has 0 amide bonds. The molecular formula is C17H24O3. The molecular weight excluding hydrogens is 252 g/mol. The molecule has 0 unspecified atom stereocenters. The van der Waals surface area contributed by atoms with E-state index in [0.29, 0.717) is 13.2 Å². The summed E-state index contributed by atoms with van der Waals surface area (Å²) in [5.74, 6) is -0.584. The number of hydrogen-bond acceptors (Lipinski definition) is 3. The van der Waals surface area contributed by atoms with Gasteiger partial charge in [0.15, 0.2) is 0 Å². The number of carbonyl (C=O) groups is 1. The minimum atomic E-state index is -0.718. The molecule has 1 N–H and O–H groups in total. The van der Waals surface area contributed by atoms with E-state index in [1.165, 1.54) is 0 Å². The van der Waals surface area contributed by atoms with Gasteiger partial charge < -0.3 is 9.84 Å². The van der Waals surface area contributed by atoms with Crippen molar-refractivity contribution < 1.29 is 14.6 Å². The van der Waals surface area contributed by atoms with Gasteiger partial charge in [-0.05, 0) is 12.5 Å². The van der Waals surface area contributed by atoms with Crippen LogP contribution in [0.3, 0.4) is 0 Å². The molecule has 3 atom stereocenters. The number of Topliss-reactive ketones (excluding diaryl/α,β-unsaturated/α-hetero) is 1. The molecule has 1 aromatic rings. The minimum absolute atomic E-state index is 0.0312. The molecule has 0 aliphatic heterocycles. The van der Waals surface area contributed by atoms with Gasteiger partial charge in [-0.15, -0.1) is 0 Å². The number of ketones is 1. The molecule has 110 valence electrons. The third-order valence-corrected chi connectivity index (χ3v) is 3.32. The van der Waals surface area contributed by atoms with Gasteiger partial charge in [0.05, 0.1) is 19.3 Å². The standard InChI is InChI=1S/C17H24O3/c1-4-8-16(18)14(3)17(19)13(2)11-20-12-15-9-6-5-7-10-15/h4-10,13-14,16,18H,11-12H2,1-3H3/b8-4+/t13-,14+,16-/m0/s1. The van der Waals surface area contributed by atoms with Crippen LogP contribution in [0.5, 0.6) is 0 Å². The summed E-state index contributed by atoms with van der Waals surface area (Å²) in [5.41, 5.74) is 1.09. The van der Waals surface area contributed by atoms with Gasteiger partial charge in [0.2, 0.25) is 0 Å². The Bertz CT molecular complexity index is 425. The number of allylic oxidation sites excluding steroid dienone is 1. The molecule has 0 spiro atoms. The van der Waals surface area contributed by atoms with Crippen LogP contribution in [0.2, 0.25) is 0 Å². The Kier molecular flexibility index (Phi) is 7.20. The molecule has 3 heteroatoms. The van der Waals surface area contributed by atoms with Crippen LogP contribution < -0.4 is 0 Å². The number of hydrogen-bond donors (Lipinski definition) is 1. The van der Waals surface area contributed by atoms with Crippen molar-refractivity contribution in [1.82, 2.24) is 0 Å². The average Bonchev–Trinajstić information content (AvgIpc) is 2.47. The van der Waals surface area contributed by atoms with Gasteiger partial charge in [-0.3, -0.25) is 4.79 Å². The Hall–Kier alpha value is -1.45. The van der Waals surface area contributed by atoms with Crippen LogP contribution in [0.25, 0.3) is 0 Å². The summed E-state index contributed by atoms with van der Waals surface area (Å²) in [7, 11) is 0. The lowest BCUT2D eigenvalue weighted by Crippen LogP contribution is -2.30. The zero-order valence-corrected chi connectivity index (χ0v) is 12.5. The monoisotopic (exact) mass is 276 g/mol. The number of rotatable bonds is 8. The van der Waals surface area contributed by atoms with E-state index in [2.05, 4.69) is 0 Å². The molecule has 1 rings (SSSR count). The summed E-state index contributed by atoms with van der Waals surface area (Å²) < 4.78 is 5.57. The fourth-order valence-corrected chi connectivity index (χ4v) is 1.99. The van der Waals surface area contributed by atoms with Gasteiger partial charge in [-0.25, -0.2) is 0 Å². The molecule has 0 aliphatic rings. The van der Waals surface area contributed by atoms with Crippen molar-refractivity contribution in [2.24, 2.45) is 11.8 Å². The van der Waals surface area contributed by atoms with Gasteiger partial charge in [0.1, 0.15) is 5.78 Å². The van der Waals surface area contributed by atoms with E-state index in [1.54, 1.807) is 19.1 Å². The van der Waals surface area contributed by atoms with E-state index < -0.39 is 12.0 Å². The largest absolute Gasteiger partial charge is 0.388 e. The van der Waals surface area contributed by atoms with Gasteiger partial charge in [0.25, 0.3) is 0 Å². The van der Waals surface area contributed by atoms with Gasteiger partial charge in [-0.2, -0.15) is 0 Å². The van der Waals surface area contributed by atoms with Crippen molar-refractivity contribution in [2.75, 3.05) is 6.61 Å². The predicted molar refractivity (Wildman–Crippen MR) is 80.3 cm³/mol. The maximum Gasteiger partial charge on any atom is 0.143 e. The summed E-state index contributed by atoms with van der Waals surface area (Å²) in [6, 6.07) is 9.86. The first kappa shape index (κ1) is 16.6. The maximum absolute atomic E-state index is 12.1. The second-order valence-corrected chi connectivity index (χ2v) is 5.11. The number of aliphatic hydroxyl groups excluding tert-OH is 1. The number of benzene rings is 1. The second-order valence-electron chi connectivity index (χ2n) is 5.11. The fourth-order valence-electron chi connectivity index (χ4n) is 1.99. The summed E-state index contributed by atoms with van der Waals surface area (Å²) in [5, 5.41) is 9.79. The highest BCUT2D eigenvalue weighted by atomic mass is 16.5. The van der Waals surface area contributed by atoms with Crippen LogP contribution in [0.4, 0.5) is 0 Å². The molecule has 0 saturated carbocycles. The first-order valence-electron chi connectivity index (χ1n) is 7.02. The Balaban J connectivity index is 2.38. The summed E-state index contributed by atoms with van der Waals surface area (Å²) in [6.07, 6.45) is 2.68. The molecule has 3 nitrogen and oxygen atoms in total. The lowest BCUT2D eigenvalue weighted by molar-refractivity contribution is -0.130. The second kappa shape index (κ2) is 8.67. The van der Waals surface area contributed by atoms with Crippen molar-refractivity contribution in [1.29, 1.82) is 0 Å². The summed E-state index contributed by atoms with van der Waals surface area (Å²) in [4.78, 5) is 12.1. The highest BCUT2D eigenvalue weighted by Gasteiger charge is 2.24. The molecule has 0 aliphatic carbocycles. The highest BCUT2D eigenvalue weighted by Crippen LogP contribution is 2.13. The maximum atomic E-state index is 12.1. The van der Waals surface area contributed by atoms with Crippen LogP contribution in [0, 0.1) is 11.8 Å². The van der Waals surface area contributed by atoms with Crippen LogP contribution in [0.15, 0.2) is 42.5 Å². The zero-order valence-electron chi connectivity index (χ0n) is 12.5. The van der Waals surface area contributed by atoms with E-state index >= 15 is 0 Å². The van der Waals surface area contributed by atoms with Crippen LogP contribution in [-0.4, -0.2) is 23.6 Å². The fraction of sp³-hybridized carbons (Fsp3) is 0.471. The third kappa shape index (κ3) is 5.27. The van der Waals surface area contributed by atoms with E-state index in [0.717, 1.165) is 5.56 Å². The van der Waals surface area contributed by atoms with Crippen molar-refractivity contribution >= 4 is 5.78 Å². The van der Waals surface area contributed by atoms with Crippen molar-refractivity contribution in [2.45, 2.75) is 33.5 Å². The van der Waals surface area contributed by atoms with Crippen molar-refractivity contribution in [3.05, 3.63) is 48.0 Å². The van der Waals surface area contributed by atoms with Crippen molar-refractivity contribution in [3.8, 4) is 0 Å². The van der Waals surface area contributed by atoms with E-state index in [9.17, 15) is 9.90 Å². The normalized spacial score (nSPS) is 16.0. The highest BCUT2D eigenvalue weighted by molar-refractivity contribution is 5.83. The first-order chi connectivity index (χ1) is 9.56. The SMILES string of the molecule is C/C=C/[C@H](O)[C@@H](C)C(=O)[C@@H](C)COCc1ccccc1. The molecule has 0 heterocycles. The smallest absolute Gasteiger partial charge is 0.143 e. The lowest BCUT2D eigenvalue weighted by Gasteiger charge is -2.19. The topological polar surface area (TPSA) is 46.5 Å². The minimum Gasteiger partial charge on any atom is -0.388 e. The first-order valence-corrected chi connectivity index (χ1v) is 7.02. The van der Waals surface area contributed by atoms with E-state index in [-0.39, 0.29) is 11.7 Å². The Morgan fingerprint density at radius 2 is 1.95 bits per heavy atom. The summed E-state index contributed by atoms with van der Waals surface area (Å²) in [6.45, 7) is 6.30. The molecule has 0 saturated heterocycles. The summed E-state index contributed by atoms with van der Waals surface area (Å²) >= 11 is 0. The average molecular weight is 276 g/mol.